The topological polar surface area (TPSA) is 90.1 Å². The maximum Gasteiger partial charge on any atom is 0.225 e. The molecule has 0 saturated carbocycles. The number of hydrogen-bond donors (Lipinski definition) is 1. The Labute approximate surface area is 116 Å². The van der Waals surface area contributed by atoms with Crippen LogP contribution >= 0.6 is 0 Å². The van der Waals surface area contributed by atoms with E-state index in [1.807, 2.05) is 6.92 Å². The lowest BCUT2D eigenvalue weighted by Crippen LogP contribution is -2.39. The summed E-state index contributed by atoms with van der Waals surface area (Å²) in [6, 6.07) is 3.56. The molecule has 1 fully saturated rings. The third-order valence-electron chi connectivity index (χ3n) is 3.11. The highest BCUT2D eigenvalue weighted by molar-refractivity contribution is 5.34. The fourth-order valence-corrected chi connectivity index (χ4v) is 2.24. The van der Waals surface area contributed by atoms with Crippen LogP contribution in [0.2, 0.25) is 0 Å². The number of ether oxygens (including phenoxy) is 1. The van der Waals surface area contributed by atoms with E-state index in [2.05, 4.69) is 24.8 Å². The van der Waals surface area contributed by atoms with Crippen molar-refractivity contribution in [1.29, 1.82) is 0 Å². The molecule has 0 amide bonds. The summed E-state index contributed by atoms with van der Waals surface area (Å²) < 4.78 is 5.78. The second-order valence-electron chi connectivity index (χ2n) is 4.62. The van der Waals surface area contributed by atoms with E-state index in [-0.39, 0.29) is 6.10 Å². The van der Waals surface area contributed by atoms with Gasteiger partial charge in [0.1, 0.15) is 17.7 Å². The van der Waals surface area contributed by atoms with Gasteiger partial charge in [-0.1, -0.05) is 0 Å². The van der Waals surface area contributed by atoms with E-state index in [9.17, 15) is 0 Å². The van der Waals surface area contributed by atoms with Gasteiger partial charge in [-0.3, -0.25) is 0 Å². The molecule has 1 aliphatic rings. The summed E-state index contributed by atoms with van der Waals surface area (Å²) in [5.74, 6) is 1.82. The summed E-state index contributed by atoms with van der Waals surface area (Å²) in [5.41, 5.74) is 6.57. The van der Waals surface area contributed by atoms with Gasteiger partial charge in [0.15, 0.2) is 0 Å². The molecule has 0 aliphatic carbocycles. The van der Waals surface area contributed by atoms with Crippen LogP contribution in [0.15, 0.2) is 24.5 Å². The summed E-state index contributed by atoms with van der Waals surface area (Å²) in [4.78, 5) is 19.1. The fourth-order valence-electron chi connectivity index (χ4n) is 2.24. The molecule has 1 unspecified atom stereocenters. The number of nitrogen functional groups attached to an aromatic ring is 1. The monoisotopic (exact) mass is 272 g/mol. The van der Waals surface area contributed by atoms with Gasteiger partial charge in [0, 0.05) is 25.0 Å². The van der Waals surface area contributed by atoms with E-state index >= 15 is 0 Å². The van der Waals surface area contributed by atoms with Crippen molar-refractivity contribution >= 4 is 11.8 Å². The summed E-state index contributed by atoms with van der Waals surface area (Å²) in [7, 11) is 0. The van der Waals surface area contributed by atoms with Gasteiger partial charge in [0.05, 0.1) is 18.8 Å². The Morgan fingerprint density at radius 2 is 2.10 bits per heavy atom. The second-order valence-corrected chi connectivity index (χ2v) is 4.62. The Balaban J connectivity index is 1.81. The van der Waals surface area contributed by atoms with Crippen LogP contribution in [0.4, 0.5) is 11.8 Å². The highest BCUT2D eigenvalue weighted by Crippen LogP contribution is 2.23. The van der Waals surface area contributed by atoms with Gasteiger partial charge >= 0.3 is 0 Å². The molecule has 104 valence electrons. The highest BCUT2D eigenvalue weighted by atomic mass is 16.5. The van der Waals surface area contributed by atoms with Crippen molar-refractivity contribution in [3.63, 3.8) is 0 Å². The molecule has 20 heavy (non-hydrogen) atoms. The van der Waals surface area contributed by atoms with E-state index < -0.39 is 0 Å². The first-order valence-corrected chi connectivity index (χ1v) is 6.47. The van der Waals surface area contributed by atoms with Crippen LogP contribution < -0.4 is 10.6 Å². The summed E-state index contributed by atoms with van der Waals surface area (Å²) in [6.07, 6.45) is 3.33. The van der Waals surface area contributed by atoms with Crippen LogP contribution in [0.25, 0.3) is 0 Å². The summed E-state index contributed by atoms with van der Waals surface area (Å²) in [5, 5.41) is 0. The SMILES string of the molecule is Cc1nc(N)cc(C2CN(c3ncccn3)CCO2)n1. The summed E-state index contributed by atoms with van der Waals surface area (Å²) >= 11 is 0. The molecule has 0 bridgehead atoms. The molecule has 3 rings (SSSR count). The molecule has 0 aromatic carbocycles. The van der Waals surface area contributed by atoms with Crippen molar-refractivity contribution in [3.8, 4) is 0 Å². The predicted molar refractivity (Wildman–Crippen MR) is 74.1 cm³/mol. The van der Waals surface area contributed by atoms with E-state index in [1.54, 1.807) is 24.5 Å². The maximum atomic E-state index is 5.78. The van der Waals surface area contributed by atoms with Crippen LogP contribution in [0.3, 0.4) is 0 Å². The number of rotatable bonds is 2. The van der Waals surface area contributed by atoms with E-state index in [0.29, 0.717) is 30.7 Å². The average molecular weight is 272 g/mol. The molecule has 0 radical (unpaired) electrons. The minimum atomic E-state index is -0.142. The lowest BCUT2D eigenvalue weighted by molar-refractivity contribution is 0.0363. The minimum Gasteiger partial charge on any atom is -0.384 e. The van der Waals surface area contributed by atoms with Crippen molar-refractivity contribution < 1.29 is 4.74 Å². The second kappa shape index (κ2) is 5.38. The van der Waals surface area contributed by atoms with Crippen molar-refractivity contribution in [2.75, 3.05) is 30.3 Å². The number of nitrogens with zero attached hydrogens (tertiary/aromatic N) is 5. The normalized spacial score (nSPS) is 19.1. The van der Waals surface area contributed by atoms with Crippen molar-refractivity contribution in [1.82, 2.24) is 19.9 Å². The molecule has 2 aromatic heterocycles. The third-order valence-corrected chi connectivity index (χ3v) is 3.11. The molecule has 7 heteroatoms. The van der Waals surface area contributed by atoms with Gasteiger partial charge in [-0.05, 0) is 13.0 Å². The number of aryl methyl sites for hydroxylation is 1. The molecular weight excluding hydrogens is 256 g/mol. The van der Waals surface area contributed by atoms with Crippen molar-refractivity contribution in [3.05, 3.63) is 36.0 Å². The van der Waals surface area contributed by atoms with E-state index in [0.717, 1.165) is 12.2 Å². The largest absolute Gasteiger partial charge is 0.384 e. The van der Waals surface area contributed by atoms with Crippen LogP contribution in [0.1, 0.15) is 17.6 Å². The minimum absolute atomic E-state index is 0.142. The zero-order chi connectivity index (χ0) is 13.9. The number of morpholine rings is 1. The molecule has 1 saturated heterocycles. The predicted octanol–water partition coefficient (Wildman–Crippen LogP) is 0.735. The number of nitrogens with two attached hydrogens (primary N) is 1. The van der Waals surface area contributed by atoms with Crippen LogP contribution in [-0.4, -0.2) is 39.6 Å². The van der Waals surface area contributed by atoms with E-state index in [4.69, 9.17) is 10.5 Å². The number of anilines is 2. The molecular formula is C13H16N6O. The molecule has 0 spiro atoms. The Hall–Kier alpha value is -2.28. The lowest BCUT2D eigenvalue weighted by Gasteiger charge is -2.32. The summed E-state index contributed by atoms with van der Waals surface area (Å²) in [6.45, 7) is 3.84. The van der Waals surface area contributed by atoms with Gasteiger partial charge in [-0.15, -0.1) is 0 Å². The molecule has 2 aromatic rings. The van der Waals surface area contributed by atoms with Gasteiger partial charge in [-0.25, -0.2) is 19.9 Å². The Morgan fingerprint density at radius 3 is 2.85 bits per heavy atom. The maximum absolute atomic E-state index is 5.78. The Morgan fingerprint density at radius 1 is 1.30 bits per heavy atom. The van der Waals surface area contributed by atoms with Gasteiger partial charge in [0.2, 0.25) is 5.95 Å². The average Bonchev–Trinajstić information content (AvgIpc) is 2.47. The molecule has 7 nitrogen and oxygen atoms in total. The number of aromatic nitrogens is 4. The van der Waals surface area contributed by atoms with Crippen LogP contribution in [-0.2, 0) is 4.74 Å². The highest BCUT2D eigenvalue weighted by Gasteiger charge is 2.25. The lowest BCUT2D eigenvalue weighted by atomic mass is 10.2. The standard InChI is InChI=1S/C13H16N6O/c1-9-17-10(7-12(14)18-9)11-8-19(5-6-20-11)13-15-3-2-4-16-13/h2-4,7,11H,5-6,8H2,1H3,(H2,14,17,18). The van der Waals surface area contributed by atoms with Crippen molar-refractivity contribution in [2.24, 2.45) is 0 Å². The smallest absolute Gasteiger partial charge is 0.225 e. The first-order chi connectivity index (χ1) is 9.72. The first-order valence-electron chi connectivity index (χ1n) is 6.47. The van der Waals surface area contributed by atoms with Gasteiger partial charge in [0.25, 0.3) is 0 Å². The van der Waals surface area contributed by atoms with Crippen molar-refractivity contribution in [2.45, 2.75) is 13.0 Å². The number of hydrogen-bond acceptors (Lipinski definition) is 7. The van der Waals surface area contributed by atoms with Crippen LogP contribution in [0, 0.1) is 6.92 Å². The first kappa shape index (κ1) is 12.7. The molecule has 1 aliphatic heterocycles. The fraction of sp³-hybridized carbons (Fsp3) is 0.385. The van der Waals surface area contributed by atoms with E-state index in [1.165, 1.54) is 0 Å². The quantitative estimate of drug-likeness (QED) is 0.862. The van der Waals surface area contributed by atoms with Gasteiger partial charge < -0.3 is 15.4 Å². The molecule has 3 heterocycles. The molecule has 2 N–H and O–H groups in total. The third kappa shape index (κ3) is 2.67. The van der Waals surface area contributed by atoms with Gasteiger partial charge in [-0.2, -0.15) is 0 Å². The Bertz CT molecular complexity index is 570. The van der Waals surface area contributed by atoms with Crippen LogP contribution in [0.5, 0.6) is 0 Å². The zero-order valence-corrected chi connectivity index (χ0v) is 11.2. The molecule has 1 atom stereocenters. The Kier molecular flexibility index (Phi) is 3.42. The zero-order valence-electron chi connectivity index (χ0n) is 11.2.